The predicted octanol–water partition coefficient (Wildman–Crippen LogP) is 3.22. The molecular formula is C23H31N5O4. The van der Waals surface area contributed by atoms with Gasteiger partial charge in [-0.05, 0) is 44.4 Å². The lowest BCUT2D eigenvalue weighted by molar-refractivity contribution is -0.386. The number of hydrogen-bond donors (Lipinski definition) is 1. The molecule has 1 N–H and O–H groups in total. The summed E-state index contributed by atoms with van der Waals surface area (Å²) >= 11 is 0. The van der Waals surface area contributed by atoms with Gasteiger partial charge in [0.05, 0.1) is 11.5 Å². The van der Waals surface area contributed by atoms with Gasteiger partial charge in [0.15, 0.2) is 0 Å². The number of carbonyl (C=O) groups is 2. The van der Waals surface area contributed by atoms with E-state index in [9.17, 15) is 19.7 Å². The molecule has 1 aromatic heterocycles. The van der Waals surface area contributed by atoms with Crippen molar-refractivity contribution in [1.29, 1.82) is 0 Å². The molecule has 9 heteroatoms. The average molecular weight is 442 g/mol. The minimum Gasteiger partial charge on any atom is -0.349 e. The number of nitrogens with one attached hydrogen (secondary N) is 1. The van der Waals surface area contributed by atoms with Crippen LogP contribution in [0.15, 0.2) is 24.3 Å². The number of aromatic nitrogens is 2. The summed E-state index contributed by atoms with van der Waals surface area (Å²) in [6, 6.07) is 7.22. The Morgan fingerprint density at radius 3 is 2.25 bits per heavy atom. The molecule has 0 unspecified atom stereocenters. The minimum atomic E-state index is -0.412. The monoisotopic (exact) mass is 441 g/mol. The van der Waals surface area contributed by atoms with E-state index in [1.54, 1.807) is 30.7 Å². The van der Waals surface area contributed by atoms with E-state index >= 15 is 0 Å². The first-order valence-electron chi connectivity index (χ1n) is 10.8. The van der Waals surface area contributed by atoms with E-state index in [-0.39, 0.29) is 23.5 Å². The maximum absolute atomic E-state index is 12.7. The van der Waals surface area contributed by atoms with Gasteiger partial charge in [-0.15, -0.1) is 0 Å². The maximum atomic E-state index is 12.7. The zero-order valence-corrected chi connectivity index (χ0v) is 19.3. The first kappa shape index (κ1) is 23.4. The van der Waals surface area contributed by atoms with Gasteiger partial charge in [0.25, 0.3) is 5.91 Å². The summed E-state index contributed by atoms with van der Waals surface area (Å²) in [5.74, 6) is 0.00436. The molecule has 1 saturated heterocycles. The quantitative estimate of drug-likeness (QED) is 0.566. The van der Waals surface area contributed by atoms with Crippen molar-refractivity contribution in [1.82, 2.24) is 20.0 Å². The van der Waals surface area contributed by atoms with Gasteiger partial charge in [-0.2, -0.15) is 5.10 Å². The van der Waals surface area contributed by atoms with Gasteiger partial charge in [0, 0.05) is 30.1 Å². The molecule has 1 aliphatic heterocycles. The largest absolute Gasteiger partial charge is 0.349 e. The van der Waals surface area contributed by atoms with Gasteiger partial charge in [-0.1, -0.05) is 32.9 Å². The standard InChI is InChI=1S/C23H31N5O4/c1-15-20(28(31)32)16(2)27(25-15)14-17-6-8-18(9-7-17)21(29)24-19-10-12-26(13-11-19)22(30)23(3,4)5/h6-9,19H,10-14H2,1-5H3,(H,24,29). The SMILES string of the molecule is Cc1nn(Cc2ccc(C(=O)NC3CCN(C(=O)C(C)(C)C)CC3)cc2)c(C)c1[N+](=O)[O-]. The zero-order valence-electron chi connectivity index (χ0n) is 19.3. The lowest BCUT2D eigenvalue weighted by Gasteiger charge is -2.36. The van der Waals surface area contributed by atoms with Gasteiger partial charge in [-0.3, -0.25) is 24.4 Å². The number of rotatable bonds is 5. The molecule has 2 heterocycles. The Bertz CT molecular complexity index is 1010. The van der Waals surface area contributed by atoms with Crippen LogP contribution in [0.2, 0.25) is 0 Å². The summed E-state index contributed by atoms with van der Waals surface area (Å²) in [6.45, 7) is 10.7. The summed E-state index contributed by atoms with van der Waals surface area (Å²) in [5.41, 5.74) is 1.99. The lowest BCUT2D eigenvalue weighted by Crippen LogP contribution is -2.49. The second-order valence-corrected chi connectivity index (χ2v) is 9.42. The number of likely N-dealkylation sites (tertiary alicyclic amines) is 1. The van der Waals surface area contributed by atoms with E-state index in [2.05, 4.69) is 10.4 Å². The highest BCUT2D eigenvalue weighted by Crippen LogP contribution is 2.23. The van der Waals surface area contributed by atoms with E-state index in [0.717, 1.165) is 18.4 Å². The summed E-state index contributed by atoms with van der Waals surface area (Å²) < 4.78 is 1.61. The molecule has 0 spiro atoms. The number of piperidine rings is 1. The lowest BCUT2D eigenvalue weighted by atomic mass is 9.93. The number of hydrogen-bond acceptors (Lipinski definition) is 5. The van der Waals surface area contributed by atoms with E-state index in [4.69, 9.17) is 0 Å². The predicted molar refractivity (Wildman–Crippen MR) is 120 cm³/mol. The van der Waals surface area contributed by atoms with E-state index in [1.165, 1.54) is 0 Å². The first-order valence-corrected chi connectivity index (χ1v) is 10.8. The Morgan fingerprint density at radius 1 is 1.16 bits per heavy atom. The van der Waals surface area contributed by atoms with Crippen molar-refractivity contribution in [3.63, 3.8) is 0 Å². The van der Waals surface area contributed by atoms with Crippen LogP contribution in [0.4, 0.5) is 5.69 Å². The van der Waals surface area contributed by atoms with E-state index in [1.807, 2.05) is 37.8 Å². The minimum absolute atomic E-state index is 0.0382. The van der Waals surface area contributed by atoms with Crippen molar-refractivity contribution < 1.29 is 14.5 Å². The maximum Gasteiger partial charge on any atom is 0.312 e. The number of amides is 2. The molecule has 1 aliphatic rings. The topological polar surface area (TPSA) is 110 Å². The van der Waals surface area contributed by atoms with Crippen molar-refractivity contribution in [2.24, 2.45) is 5.41 Å². The second-order valence-electron chi connectivity index (χ2n) is 9.42. The van der Waals surface area contributed by atoms with Gasteiger partial charge in [0.2, 0.25) is 5.91 Å². The Hall–Kier alpha value is -3.23. The molecule has 2 amide bonds. The smallest absolute Gasteiger partial charge is 0.312 e. The average Bonchev–Trinajstić information content (AvgIpc) is 3.01. The molecule has 0 saturated carbocycles. The van der Waals surface area contributed by atoms with Crippen LogP contribution >= 0.6 is 0 Å². The van der Waals surface area contributed by atoms with Gasteiger partial charge in [0.1, 0.15) is 11.4 Å². The molecule has 9 nitrogen and oxygen atoms in total. The molecule has 1 fully saturated rings. The molecule has 0 radical (unpaired) electrons. The van der Waals surface area contributed by atoms with Crippen molar-refractivity contribution in [2.45, 2.75) is 60.0 Å². The van der Waals surface area contributed by atoms with Crippen LogP contribution < -0.4 is 5.32 Å². The number of carbonyl (C=O) groups excluding carboxylic acids is 2. The molecule has 1 aromatic carbocycles. The Kier molecular flexibility index (Phi) is 6.66. The third-order valence-corrected chi connectivity index (χ3v) is 5.83. The third-order valence-electron chi connectivity index (χ3n) is 5.83. The van der Waals surface area contributed by atoms with Crippen molar-refractivity contribution in [3.05, 3.63) is 56.9 Å². The fourth-order valence-corrected chi connectivity index (χ4v) is 4.01. The number of nitrogens with zero attached hydrogens (tertiary/aromatic N) is 4. The molecular weight excluding hydrogens is 410 g/mol. The van der Waals surface area contributed by atoms with Crippen LogP contribution in [-0.4, -0.2) is 50.5 Å². The summed E-state index contributed by atoms with van der Waals surface area (Å²) in [6.07, 6.45) is 1.48. The molecule has 0 bridgehead atoms. The fourth-order valence-electron chi connectivity index (χ4n) is 4.01. The van der Waals surface area contributed by atoms with Gasteiger partial charge >= 0.3 is 5.69 Å². The molecule has 32 heavy (non-hydrogen) atoms. The molecule has 2 aromatic rings. The second kappa shape index (κ2) is 9.10. The normalized spacial score (nSPS) is 15.0. The van der Waals surface area contributed by atoms with Crippen LogP contribution in [0.25, 0.3) is 0 Å². The van der Waals surface area contributed by atoms with Crippen molar-refractivity contribution in [3.8, 4) is 0 Å². The highest BCUT2D eigenvalue weighted by Gasteiger charge is 2.30. The summed E-state index contributed by atoms with van der Waals surface area (Å²) in [7, 11) is 0. The van der Waals surface area contributed by atoms with E-state index in [0.29, 0.717) is 36.6 Å². The summed E-state index contributed by atoms with van der Waals surface area (Å²) in [5, 5.41) is 18.5. The number of nitro groups is 1. The zero-order chi connectivity index (χ0) is 23.6. The third kappa shape index (κ3) is 5.15. The molecule has 0 aliphatic carbocycles. The Balaban J connectivity index is 1.57. The summed E-state index contributed by atoms with van der Waals surface area (Å²) in [4.78, 5) is 37.7. The van der Waals surface area contributed by atoms with Crippen LogP contribution in [0.1, 0.15) is 60.9 Å². The molecule has 172 valence electrons. The fraction of sp³-hybridized carbons (Fsp3) is 0.522. The molecule has 3 rings (SSSR count). The van der Waals surface area contributed by atoms with Crippen LogP contribution in [0, 0.1) is 29.4 Å². The first-order chi connectivity index (χ1) is 15.0. The highest BCUT2D eigenvalue weighted by molar-refractivity contribution is 5.94. The van der Waals surface area contributed by atoms with Gasteiger partial charge < -0.3 is 10.2 Å². The van der Waals surface area contributed by atoms with Crippen molar-refractivity contribution in [2.75, 3.05) is 13.1 Å². The van der Waals surface area contributed by atoms with Crippen molar-refractivity contribution >= 4 is 17.5 Å². The van der Waals surface area contributed by atoms with E-state index < -0.39 is 10.3 Å². The van der Waals surface area contributed by atoms with Crippen LogP contribution in [-0.2, 0) is 11.3 Å². The number of aryl methyl sites for hydroxylation is 1. The Morgan fingerprint density at radius 2 is 1.75 bits per heavy atom. The number of benzene rings is 1. The highest BCUT2D eigenvalue weighted by atomic mass is 16.6. The van der Waals surface area contributed by atoms with Crippen LogP contribution in [0.3, 0.4) is 0 Å². The Labute approximate surface area is 187 Å². The molecule has 0 atom stereocenters. The van der Waals surface area contributed by atoms with Gasteiger partial charge in [-0.25, -0.2) is 0 Å². The van der Waals surface area contributed by atoms with Crippen LogP contribution in [0.5, 0.6) is 0 Å².